The molecular formula is C12H19N3O3S. The number of aromatic nitrogens is 1. The second-order valence-corrected chi connectivity index (χ2v) is 6.53. The van der Waals surface area contributed by atoms with Gasteiger partial charge in [-0.2, -0.15) is 0 Å². The molecule has 19 heavy (non-hydrogen) atoms. The van der Waals surface area contributed by atoms with E-state index in [1.165, 1.54) is 0 Å². The maximum Gasteiger partial charge on any atom is 0.252 e. The van der Waals surface area contributed by atoms with Gasteiger partial charge in [-0.1, -0.05) is 19.4 Å². The van der Waals surface area contributed by atoms with Crippen LogP contribution in [0.4, 0.5) is 0 Å². The lowest BCUT2D eigenvalue weighted by Gasteiger charge is -2.15. The molecule has 0 aliphatic heterocycles. The Bertz CT molecular complexity index is 502. The first-order valence-corrected chi connectivity index (χ1v) is 7.84. The lowest BCUT2D eigenvalue weighted by Crippen LogP contribution is -2.44. The number of hydrazine groups is 1. The van der Waals surface area contributed by atoms with Crippen molar-refractivity contribution in [3.8, 4) is 0 Å². The van der Waals surface area contributed by atoms with Crippen LogP contribution in [0.15, 0.2) is 24.4 Å². The van der Waals surface area contributed by atoms with E-state index in [1.807, 2.05) is 12.3 Å². The second kappa shape index (κ2) is 7.20. The highest BCUT2D eigenvalue weighted by atomic mass is 32.2. The van der Waals surface area contributed by atoms with Crippen molar-refractivity contribution in [2.24, 2.45) is 5.84 Å². The molecular weight excluding hydrogens is 266 g/mol. The number of nitrogens with zero attached hydrogens (tertiary/aromatic N) is 1. The van der Waals surface area contributed by atoms with E-state index in [-0.39, 0.29) is 12.2 Å². The zero-order valence-corrected chi connectivity index (χ0v) is 11.7. The minimum Gasteiger partial charge on any atom is -0.293 e. The van der Waals surface area contributed by atoms with E-state index in [0.29, 0.717) is 18.5 Å². The molecule has 3 N–H and O–H groups in total. The van der Waals surface area contributed by atoms with E-state index in [0.717, 1.165) is 0 Å². The molecule has 6 nitrogen and oxygen atoms in total. The molecule has 1 amide bonds. The molecule has 0 aliphatic carbocycles. The highest BCUT2D eigenvalue weighted by Gasteiger charge is 2.30. The molecule has 106 valence electrons. The van der Waals surface area contributed by atoms with Gasteiger partial charge < -0.3 is 0 Å². The number of pyridine rings is 1. The largest absolute Gasteiger partial charge is 0.293 e. The van der Waals surface area contributed by atoms with Crippen LogP contribution in [0.5, 0.6) is 0 Å². The summed E-state index contributed by atoms with van der Waals surface area (Å²) < 4.78 is 24.3. The number of amides is 1. The highest BCUT2D eigenvalue weighted by Crippen LogP contribution is 2.11. The van der Waals surface area contributed by atoms with Gasteiger partial charge >= 0.3 is 0 Å². The van der Waals surface area contributed by atoms with Gasteiger partial charge in [-0.3, -0.25) is 15.2 Å². The number of sulfone groups is 1. The standard InChI is InChI=1S/C12H19N3O3S/c1-2-5-11(12(16)15-13)19(17,18)9-7-10-6-3-4-8-14-10/h3-4,6,8,11H,2,5,7,9,13H2,1H3,(H,15,16). The molecule has 0 aliphatic rings. The summed E-state index contributed by atoms with van der Waals surface area (Å²) in [6.45, 7) is 1.82. The molecule has 0 saturated carbocycles. The molecule has 1 unspecified atom stereocenters. The number of nitrogens with two attached hydrogens (primary N) is 1. The number of carbonyl (C=O) groups excluding carboxylic acids is 1. The third-order valence-corrected chi connectivity index (χ3v) is 4.88. The van der Waals surface area contributed by atoms with Gasteiger partial charge in [0, 0.05) is 18.3 Å². The third-order valence-electron chi connectivity index (χ3n) is 2.79. The van der Waals surface area contributed by atoms with Crippen LogP contribution in [0.1, 0.15) is 25.5 Å². The lowest BCUT2D eigenvalue weighted by molar-refractivity contribution is -0.120. The van der Waals surface area contributed by atoms with Crippen molar-refractivity contribution in [3.05, 3.63) is 30.1 Å². The topological polar surface area (TPSA) is 102 Å². The molecule has 0 spiro atoms. The molecule has 7 heteroatoms. The maximum atomic E-state index is 12.2. The fraction of sp³-hybridized carbons (Fsp3) is 0.500. The zero-order valence-electron chi connectivity index (χ0n) is 10.9. The fourth-order valence-electron chi connectivity index (χ4n) is 1.76. The molecule has 1 aromatic heterocycles. The van der Waals surface area contributed by atoms with E-state index in [2.05, 4.69) is 4.98 Å². The van der Waals surface area contributed by atoms with Gasteiger partial charge in [0.1, 0.15) is 5.25 Å². The maximum absolute atomic E-state index is 12.2. The van der Waals surface area contributed by atoms with Crippen molar-refractivity contribution in [1.29, 1.82) is 0 Å². The molecule has 0 bridgehead atoms. The van der Waals surface area contributed by atoms with Gasteiger partial charge in [-0.05, 0) is 18.6 Å². The highest BCUT2D eigenvalue weighted by molar-refractivity contribution is 7.92. The van der Waals surface area contributed by atoms with Crippen LogP contribution < -0.4 is 11.3 Å². The van der Waals surface area contributed by atoms with E-state index < -0.39 is 21.0 Å². The molecule has 1 rings (SSSR count). The monoisotopic (exact) mass is 285 g/mol. The Labute approximate surface area is 113 Å². The molecule has 1 heterocycles. The Kier molecular flexibility index (Phi) is 5.91. The van der Waals surface area contributed by atoms with E-state index in [1.54, 1.807) is 24.4 Å². The van der Waals surface area contributed by atoms with Crippen molar-refractivity contribution in [2.45, 2.75) is 31.4 Å². The summed E-state index contributed by atoms with van der Waals surface area (Å²) in [5.74, 6) is 4.27. The fourth-order valence-corrected chi connectivity index (χ4v) is 3.53. The normalized spacial score (nSPS) is 12.9. The summed E-state index contributed by atoms with van der Waals surface area (Å²) in [6.07, 6.45) is 2.77. The van der Waals surface area contributed by atoms with Crippen molar-refractivity contribution >= 4 is 15.7 Å². The van der Waals surface area contributed by atoms with Crippen molar-refractivity contribution in [3.63, 3.8) is 0 Å². The smallest absolute Gasteiger partial charge is 0.252 e. The number of carbonyl (C=O) groups is 1. The first-order chi connectivity index (χ1) is 9.01. The number of nitrogens with one attached hydrogen (secondary N) is 1. The number of hydrogen-bond donors (Lipinski definition) is 2. The summed E-state index contributed by atoms with van der Waals surface area (Å²) >= 11 is 0. The average Bonchev–Trinajstić information content (AvgIpc) is 2.43. The lowest BCUT2D eigenvalue weighted by atomic mass is 10.2. The Hall–Kier alpha value is -1.47. The van der Waals surface area contributed by atoms with Crippen LogP contribution in [0.3, 0.4) is 0 Å². The molecule has 1 aromatic rings. The summed E-state index contributed by atoms with van der Waals surface area (Å²) in [6, 6.07) is 5.32. The van der Waals surface area contributed by atoms with Crippen LogP contribution in [0.25, 0.3) is 0 Å². The van der Waals surface area contributed by atoms with Crippen LogP contribution in [-0.4, -0.2) is 30.3 Å². The van der Waals surface area contributed by atoms with Crippen LogP contribution >= 0.6 is 0 Å². The van der Waals surface area contributed by atoms with Gasteiger partial charge in [0.05, 0.1) is 5.75 Å². The summed E-state index contributed by atoms with van der Waals surface area (Å²) in [5.41, 5.74) is 2.61. The van der Waals surface area contributed by atoms with E-state index >= 15 is 0 Å². The van der Waals surface area contributed by atoms with Gasteiger partial charge in [0.25, 0.3) is 5.91 Å². The van der Waals surface area contributed by atoms with Crippen LogP contribution in [0.2, 0.25) is 0 Å². The second-order valence-electron chi connectivity index (χ2n) is 4.22. The third kappa shape index (κ3) is 4.60. The van der Waals surface area contributed by atoms with Crippen LogP contribution in [-0.2, 0) is 21.1 Å². The summed E-state index contributed by atoms with van der Waals surface area (Å²) in [7, 11) is -3.53. The number of rotatable bonds is 7. The predicted molar refractivity (Wildman–Crippen MR) is 72.8 cm³/mol. The van der Waals surface area contributed by atoms with Crippen molar-refractivity contribution < 1.29 is 13.2 Å². The number of aryl methyl sites for hydroxylation is 1. The predicted octanol–water partition coefficient (Wildman–Crippen LogP) is 0.198. The quantitative estimate of drug-likeness (QED) is 0.423. The van der Waals surface area contributed by atoms with Crippen molar-refractivity contribution in [2.75, 3.05) is 5.75 Å². The van der Waals surface area contributed by atoms with Crippen molar-refractivity contribution in [1.82, 2.24) is 10.4 Å². The van der Waals surface area contributed by atoms with E-state index in [9.17, 15) is 13.2 Å². The molecule has 1 atom stereocenters. The molecule has 0 aromatic carbocycles. The van der Waals surface area contributed by atoms with Gasteiger partial charge in [-0.25, -0.2) is 14.3 Å². The first-order valence-electron chi connectivity index (χ1n) is 6.13. The molecule has 0 fully saturated rings. The minimum absolute atomic E-state index is 0.109. The first kappa shape index (κ1) is 15.6. The Balaban J connectivity index is 2.75. The van der Waals surface area contributed by atoms with Gasteiger partial charge in [-0.15, -0.1) is 0 Å². The Morgan fingerprint density at radius 2 is 2.21 bits per heavy atom. The Morgan fingerprint density at radius 1 is 1.47 bits per heavy atom. The van der Waals surface area contributed by atoms with Gasteiger partial charge in [0.15, 0.2) is 9.84 Å². The summed E-state index contributed by atoms with van der Waals surface area (Å²) in [5, 5.41) is -1.08. The molecule has 0 radical (unpaired) electrons. The van der Waals surface area contributed by atoms with Gasteiger partial charge in [0.2, 0.25) is 0 Å². The SMILES string of the molecule is CCCC(C(=O)NN)S(=O)(=O)CCc1ccccn1. The average molecular weight is 285 g/mol. The van der Waals surface area contributed by atoms with Crippen LogP contribution in [0, 0.1) is 0 Å². The zero-order chi connectivity index (χ0) is 14.3. The number of hydrogen-bond acceptors (Lipinski definition) is 5. The van der Waals surface area contributed by atoms with E-state index in [4.69, 9.17) is 5.84 Å². The Morgan fingerprint density at radius 3 is 2.74 bits per heavy atom. The summed E-state index contributed by atoms with van der Waals surface area (Å²) in [4.78, 5) is 15.6. The minimum atomic E-state index is -3.53. The molecule has 0 saturated heterocycles.